The van der Waals surface area contributed by atoms with Crippen LogP contribution in [0.3, 0.4) is 0 Å². The number of benzene rings is 1. The zero-order chi connectivity index (χ0) is 20.2. The zero-order valence-corrected chi connectivity index (χ0v) is 16.6. The molecule has 1 aromatic rings. The van der Waals surface area contributed by atoms with Crippen LogP contribution >= 0.6 is 23.4 Å². The molecule has 0 aromatic heterocycles. The smallest absolute Gasteiger partial charge is 0.329 e. The van der Waals surface area contributed by atoms with Gasteiger partial charge in [0, 0.05) is 17.6 Å². The van der Waals surface area contributed by atoms with Crippen LogP contribution < -0.4 is 16.0 Å². The third-order valence-corrected chi connectivity index (χ3v) is 4.27. The Morgan fingerprint density at radius 2 is 1.81 bits per heavy atom. The lowest BCUT2D eigenvalue weighted by atomic mass is 10.1. The molecule has 1 aromatic carbocycles. The van der Waals surface area contributed by atoms with Crippen LogP contribution in [0.1, 0.15) is 16.8 Å². The molecule has 0 aliphatic heterocycles. The Kier molecular flexibility index (Phi) is 10.3. The number of thioether (sulfide) groups is 1. The normalized spacial score (nSPS) is 11.2. The molecular weight excluding hydrogens is 394 g/mol. The van der Waals surface area contributed by atoms with Crippen LogP contribution in [0.2, 0.25) is 5.02 Å². The van der Waals surface area contributed by atoms with Gasteiger partial charge in [0.05, 0.1) is 6.54 Å². The van der Waals surface area contributed by atoms with Crippen molar-refractivity contribution >= 4 is 47.1 Å². The molecule has 0 aliphatic carbocycles. The number of carbonyl (C=O) groups is 4. The second kappa shape index (κ2) is 12.2. The molecule has 0 aliphatic rings. The minimum Gasteiger partial charge on any atom is -0.454 e. The van der Waals surface area contributed by atoms with E-state index < -0.39 is 30.4 Å². The molecule has 0 unspecified atom stereocenters. The van der Waals surface area contributed by atoms with E-state index in [9.17, 15) is 19.2 Å². The predicted molar refractivity (Wildman–Crippen MR) is 104 cm³/mol. The first-order valence-electron chi connectivity index (χ1n) is 8.06. The predicted octanol–water partition coefficient (Wildman–Crippen LogP) is 0.597. The molecule has 0 saturated carbocycles. The molecule has 0 bridgehead atoms. The number of rotatable bonds is 10. The molecule has 0 spiro atoms. The van der Waals surface area contributed by atoms with E-state index in [1.807, 2.05) is 6.26 Å². The Morgan fingerprint density at radius 1 is 1.15 bits per heavy atom. The molecule has 1 atom stereocenters. The summed E-state index contributed by atoms with van der Waals surface area (Å²) in [6.07, 6.45) is 2.22. The number of hydrogen-bond acceptors (Lipinski definition) is 6. The second-order valence-electron chi connectivity index (χ2n) is 5.37. The van der Waals surface area contributed by atoms with Gasteiger partial charge < -0.3 is 20.7 Å². The van der Waals surface area contributed by atoms with Crippen molar-refractivity contribution in [2.24, 2.45) is 0 Å². The van der Waals surface area contributed by atoms with E-state index in [1.54, 1.807) is 24.3 Å². The molecule has 0 heterocycles. The van der Waals surface area contributed by atoms with Crippen LogP contribution in [0, 0.1) is 0 Å². The minimum atomic E-state index is -0.896. The number of ether oxygens (including phenoxy) is 1. The highest BCUT2D eigenvalue weighted by atomic mass is 35.5. The van der Waals surface area contributed by atoms with Crippen LogP contribution in [0.25, 0.3) is 0 Å². The molecular formula is C17H22ClN3O5S. The standard InChI is InChI=1S/C17H22ClN3O5S/c1-19-14(22)9-20-15(23)10-26-17(25)13(7-8-27-2)21-16(24)11-3-5-12(18)6-4-11/h3-6,13H,7-10H2,1-2H3,(H,19,22)(H,20,23)(H,21,24)/t13-/m0/s1. The van der Waals surface area contributed by atoms with Crippen molar-refractivity contribution in [1.82, 2.24) is 16.0 Å². The van der Waals surface area contributed by atoms with E-state index in [2.05, 4.69) is 16.0 Å². The van der Waals surface area contributed by atoms with Gasteiger partial charge in [-0.15, -0.1) is 0 Å². The Balaban J connectivity index is 2.59. The molecule has 1 rings (SSSR count). The highest BCUT2D eigenvalue weighted by Gasteiger charge is 2.23. The maximum atomic E-state index is 12.3. The Hall–Kier alpha value is -2.26. The van der Waals surface area contributed by atoms with E-state index in [4.69, 9.17) is 16.3 Å². The summed E-state index contributed by atoms with van der Waals surface area (Å²) in [7, 11) is 1.44. The highest BCUT2D eigenvalue weighted by molar-refractivity contribution is 7.98. The fourth-order valence-electron chi connectivity index (χ4n) is 1.88. The number of hydrogen-bond donors (Lipinski definition) is 3. The van der Waals surface area contributed by atoms with Gasteiger partial charge in [-0.25, -0.2) is 4.79 Å². The average Bonchev–Trinajstić information content (AvgIpc) is 2.67. The summed E-state index contributed by atoms with van der Waals surface area (Å²) in [5, 5.41) is 7.76. The first kappa shape index (κ1) is 22.8. The van der Waals surface area contributed by atoms with Crippen molar-refractivity contribution < 1.29 is 23.9 Å². The molecule has 8 nitrogen and oxygen atoms in total. The molecule has 0 saturated heterocycles. The van der Waals surface area contributed by atoms with Gasteiger partial charge in [-0.2, -0.15) is 11.8 Å². The van der Waals surface area contributed by atoms with Crippen LogP contribution in [0.4, 0.5) is 0 Å². The zero-order valence-electron chi connectivity index (χ0n) is 15.0. The summed E-state index contributed by atoms with van der Waals surface area (Å²) < 4.78 is 4.96. The quantitative estimate of drug-likeness (QED) is 0.482. The fourth-order valence-corrected chi connectivity index (χ4v) is 2.48. The third kappa shape index (κ3) is 8.78. The summed E-state index contributed by atoms with van der Waals surface area (Å²) >= 11 is 7.31. The van der Waals surface area contributed by atoms with Gasteiger partial charge in [0.1, 0.15) is 6.04 Å². The van der Waals surface area contributed by atoms with Crippen LogP contribution in [0.5, 0.6) is 0 Å². The van der Waals surface area contributed by atoms with Gasteiger partial charge in [-0.1, -0.05) is 11.6 Å². The van der Waals surface area contributed by atoms with Crippen molar-refractivity contribution in [3.8, 4) is 0 Å². The molecule has 0 fully saturated rings. The Bertz CT molecular complexity index is 669. The summed E-state index contributed by atoms with van der Waals surface area (Å²) in [6.45, 7) is -0.751. The molecule has 3 amide bonds. The minimum absolute atomic E-state index is 0.212. The Morgan fingerprint density at radius 3 is 2.41 bits per heavy atom. The van der Waals surface area contributed by atoms with Gasteiger partial charge in [0.15, 0.2) is 6.61 Å². The first-order chi connectivity index (χ1) is 12.9. The second-order valence-corrected chi connectivity index (χ2v) is 6.79. The van der Waals surface area contributed by atoms with Crippen molar-refractivity contribution in [1.29, 1.82) is 0 Å². The van der Waals surface area contributed by atoms with Gasteiger partial charge >= 0.3 is 5.97 Å². The monoisotopic (exact) mass is 415 g/mol. The van der Waals surface area contributed by atoms with E-state index in [0.29, 0.717) is 22.8 Å². The number of likely N-dealkylation sites (N-methyl/N-ethyl adjacent to an activating group) is 1. The van der Waals surface area contributed by atoms with E-state index in [-0.39, 0.29) is 12.5 Å². The fraction of sp³-hybridized carbons (Fsp3) is 0.412. The van der Waals surface area contributed by atoms with Crippen molar-refractivity contribution in [3.63, 3.8) is 0 Å². The molecule has 0 radical (unpaired) electrons. The largest absolute Gasteiger partial charge is 0.454 e. The lowest BCUT2D eigenvalue weighted by molar-refractivity contribution is -0.150. The van der Waals surface area contributed by atoms with E-state index >= 15 is 0 Å². The first-order valence-corrected chi connectivity index (χ1v) is 9.83. The number of amides is 3. The number of nitrogens with one attached hydrogen (secondary N) is 3. The van der Waals surface area contributed by atoms with Crippen molar-refractivity contribution in [3.05, 3.63) is 34.9 Å². The van der Waals surface area contributed by atoms with E-state index in [1.165, 1.54) is 18.8 Å². The topological polar surface area (TPSA) is 114 Å². The SMILES string of the molecule is CNC(=O)CNC(=O)COC(=O)[C@H](CCSC)NC(=O)c1ccc(Cl)cc1. The summed E-state index contributed by atoms with van der Waals surface area (Å²) in [4.78, 5) is 47.2. The van der Waals surface area contributed by atoms with Gasteiger partial charge in [-0.3, -0.25) is 14.4 Å². The lowest BCUT2D eigenvalue weighted by Gasteiger charge is -2.17. The number of halogens is 1. The van der Waals surface area contributed by atoms with Crippen LogP contribution in [-0.4, -0.2) is 61.9 Å². The van der Waals surface area contributed by atoms with Crippen molar-refractivity contribution in [2.45, 2.75) is 12.5 Å². The van der Waals surface area contributed by atoms with Crippen molar-refractivity contribution in [2.75, 3.05) is 32.2 Å². The highest BCUT2D eigenvalue weighted by Crippen LogP contribution is 2.10. The summed E-state index contributed by atoms with van der Waals surface area (Å²) in [5.74, 6) is -1.54. The summed E-state index contributed by atoms with van der Waals surface area (Å²) in [6, 6.07) is 5.33. The maximum absolute atomic E-state index is 12.3. The Labute approximate surface area is 166 Å². The van der Waals surface area contributed by atoms with Crippen LogP contribution in [-0.2, 0) is 19.1 Å². The third-order valence-electron chi connectivity index (χ3n) is 3.38. The molecule has 3 N–H and O–H groups in total. The summed E-state index contributed by atoms with van der Waals surface area (Å²) in [5.41, 5.74) is 0.352. The van der Waals surface area contributed by atoms with Gasteiger partial charge in [0.25, 0.3) is 11.8 Å². The van der Waals surface area contributed by atoms with Gasteiger partial charge in [-0.05, 0) is 42.7 Å². The van der Waals surface area contributed by atoms with E-state index in [0.717, 1.165) is 0 Å². The lowest BCUT2D eigenvalue weighted by Crippen LogP contribution is -2.44. The van der Waals surface area contributed by atoms with Crippen LogP contribution in [0.15, 0.2) is 24.3 Å². The molecule has 27 heavy (non-hydrogen) atoms. The number of carbonyl (C=O) groups excluding carboxylic acids is 4. The van der Waals surface area contributed by atoms with Gasteiger partial charge in [0.2, 0.25) is 5.91 Å². The number of esters is 1. The maximum Gasteiger partial charge on any atom is 0.329 e. The molecule has 10 heteroatoms. The molecule has 148 valence electrons. The average molecular weight is 416 g/mol.